The van der Waals surface area contributed by atoms with Gasteiger partial charge in [0, 0.05) is 12.6 Å². The Morgan fingerprint density at radius 2 is 2.20 bits per heavy atom. The molecule has 0 radical (unpaired) electrons. The van der Waals surface area contributed by atoms with Crippen LogP contribution < -0.4 is 5.32 Å². The second kappa shape index (κ2) is 7.06. The maximum atomic E-state index is 11.9. The van der Waals surface area contributed by atoms with Crippen molar-refractivity contribution in [3.63, 3.8) is 0 Å². The summed E-state index contributed by atoms with van der Waals surface area (Å²) in [7, 11) is 1.92. The van der Waals surface area contributed by atoms with Crippen LogP contribution in [0.2, 0.25) is 0 Å². The van der Waals surface area contributed by atoms with Gasteiger partial charge in [0.1, 0.15) is 0 Å². The Kier molecular flexibility index (Phi) is 5.14. The zero-order valence-electron chi connectivity index (χ0n) is 11.9. The van der Waals surface area contributed by atoms with Crippen molar-refractivity contribution < 1.29 is 4.79 Å². The Hall–Kier alpha value is -1.86. The van der Waals surface area contributed by atoms with E-state index in [0.717, 1.165) is 18.4 Å². The zero-order chi connectivity index (χ0) is 14.4. The molecule has 0 bridgehead atoms. The second-order valence-corrected chi connectivity index (χ2v) is 5.53. The lowest BCUT2D eigenvalue weighted by molar-refractivity contribution is -0.122. The topological polar surface area (TPSA) is 56.1 Å². The monoisotopic (exact) mass is 271 g/mol. The molecular formula is C16H21N3O. The van der Waals surface area contributed by atoms with Gasteiger partial charge in [-0.25, -0.2) is 0 Å². The van der Waals surface area contributed by atoms with Crippen molar-refractivity contribution in [3.8, 4) is 6.07 Å². The number of nitrogens with zero attached hydrogens (tertiary/aromatic N) is 2. The van der Waals surface area contributed by atoms with Gasteiger partial charge in [-0.1, -0.05) is 25.0 Å². The first kappa shape index (κ1) is 14.5. The first-order valence-corrected chi connectivity index (χ1v) is 7.14. The number of nitriles is 1. The van der Waals surface area contributed by atoms with E-state index in [1.54, 1.807) is 6.07 Å². The zero-order valence-corrected chi connectivity index (χ0v) is 11.9. The first-order valence-electron chi connectivity index (χ1n) is 7.14. The number of hydrogen-bond acceptors (Lipinski definition) is 3. The molecule has 0 saturated heterocycles. The molecule has 0 atom stereocenters. The number of rotatable bonds is 5. The maximum absolute atomic E-state index is 11.9. The molecule has 1 fully saturated rings. The highest BCUT2D eigenvalue weighted by molar-refractivity contribution is 5.78. The third-order valence-electron chi connectivity index (χ3n) is 3.64. The molecule has 1 aromatic carbocycles. The lowest BCUT2D eigenvalue weighted by Crippen LogP contribution is -2.39. The average molecular weight is 271 g/mol. The molecule has 1 amide bonds. The van der Waals surface area contributed by atoms with E-state index in [-0.39, 0.29) is 5.91 Å². The third kappa shape index (κ3) is 4.36. The molecule has 20 heavy (non-hydrogen) atoms. The third-order valence-corrected chi connectivity index (χ3v) is 3.64. The molecule has 2 rings (SSSR count). The summed E-state index contributed by atoms with van der Waals surface area (Å²) in [6.45, 7) is 1.07. The Labute approximate surface area is 120 Å². The van der Waals surface area contributed by atoms with Gasteiger partial charge in [-0.15, -0.1) is 0 Å². The number of nitrogens with one attached hydrogen (secondary N) is 1. The predicted molar refractivity (Wildman–Crippen MR) is 77.9 cm³/mol. The minimum Gasteiger partial charge on any atom is -0.352 e. The molecule has 1 aliphatic rings. The largest absolute Gasteiger partial charge is 0.352 e. The van der Waals surface area contributed by atoms with Crippen LogP contribution in [0, 0.1) is 11.3 Å². The molecular weight excluding hydrogens is 250 g/mol. The van der Waals surface area contributed by atoms with E-state index in [2.05, 4.69) is 11.4 Å². The van der Waals surface area contributed by atoms with Crippen molar-refractivity contribution in [2.45, 2.75) is 38.3 Å². The van der Waals surface area contributed by atoms with Crippen LogP contribution in [-0.2, 0) is 11.3 Å². The fourth-order valence-electron chi connectivity index (χ4n) is 2.70. The van der Waals surface area contributed by atoms with Crippen molar-refractivity contribution in [1.82, 2.24) is 10.2 Å². The number of hydrogen-bond donors (Lipinski definition) is 1. The summed E-state index contributed by atoms with van der Waals surface area (Å²) in [5.74, 6) is 0.0934. The van der Waals surface area contributed by atoms with E-state index in [1.807, 2.05) is 30.1 Å². The summed E-state index contributed by atoms with van der Waals surface area (Å²) in [6.07, 6.45) is 4.67. The average Bonchev–Trinajstić information content (AvgIpc) is 2.91. The van der Waals surface area contributed by atoms with Crippen LogP contribution >= 0.6 is 0 Å². The highest BCUT2D eigenvalue weighted by Crippen LogP contribution is 2.17. The van der Waals surface area contributed by atoms with E-state index < -0.39 is 0 Å². The second-order valence-electron chi connectivity index (χ2n) is 5.53. The predicted octanol–water partition coefficient (Wildman–Crippen LogP) is 2.05. The maximum Gasteiger partial charge on any atom is 0.234 e. The lowest BCUT2D eigenvalue weighted by Gasteiger charge is -2.18. The van der Waals surface area contributed by atoms with Crippen molar-refractivity contribution in [2.75, 3.05) is 13.6 Å². The van der Waals surface area contributed by atoms with Gasteiger partial charge in [0.15, 0.2) is 0 Å². The van der Waals surface area contributed by atoms with Crippen LogP contribution in [0.15, 0.2) is 24.3 Å². The molecule has 1 aliphatic carbocycles. The molecule has 106 valence electrons. The summed E-state index contributed by atoms with van der Waals surface area (Å²) >= 11 is 0. The quantitative estimate of drug-likeness (QED) is 0.891. The van der Waals surface area contributed by atoms with Crippen LogP contribution in [0.4, 0.5) is 0 Å². The van der Waals surface area contributed by atoms with Crippen molar-refractivity contribution in [2.24, 2.45) is 0 Å². The van der Waals surface area contributed by atoms with E-state index in [9.17, 15) is 4.79 Å². The van der Waals surface area contributed by atoms with Crippen molar-refractivity contribution in [1.29, 1.82) is 5.26 Å². The van der Waals surface area contributed by atoms with Crippen LogP contribution in [0.3, 0.4) is 0 Å². The van der Waals surface area contributed by atoms with E-state index in [0.29, 0.717) is 24.7 Å². The highest BCUT2D eigenvalue weighted by atomic mass is 16.2. The standard InChI is InChI=1S/C16H21N3O/c1-19(11-14-6-4-5-13(9-14)10-17)12-16(20)18-15-7-2-3-8-15/h4-6,9,15H,2-3,7-8,11-12H2,1H3,(H,18,20). The summed E-state index contributed by atoms with van der Waals surface area (Å²) in [5, 5.41) is 12.0. The molecule has 0 aromatic heterocycles. The van der Waals surface area contributed by atoms with Crippen molar-refractivity contribution >= 4 is 5.91 Å². The molecule has 0 spiro atoms. The molecule has 1 saturated carbocycles. The molecule has 1 aromatic rings. The van der Waals surface area contributed by atoms with Gasteiger partial charge in [0.2, 0.25) is 5.91 Å². The van der Waals surface area contributed by atoms with Crippen LogP contribution in [0.25, 0.3) is 0 Å². The van der Waals surface area contributed by atoms with Gasteiger partial charge in [-0.2, -0.15) is 5.26 Å². The number of likely N-dealkylation sites (N-methyl/N-ethyl adjacent to an activating group) is 1. The molecule has 0 heterocycles. The molecule has 1 N–H and O–H groups in total. The fourth-order valence-corrected chi connectivity index (χ4v) is 2.70. The summed E-state index contributed by atoms with van der Waals surface area (Å²) in [4.78, 5) is 13.9. The van der Waals surface area contributed by atoms with E-state index in [4.69, 9.17) is 5.26 Å². The summed E-state index contributed by atoms with van der Waals surface area (Å²) < 4.78 is 0. The number of amides is 1. The molecule has 4 nitrogen and oxygen atoms in total. The minimum atomic E-state index is 0.0934. The van der Waals surface area contributed by atoms with Crippen molar-refractivity contribution in [3.05, 3.63) is 35.4 Å². The fraction of sp³-hybridized carbons (Fsp3) is 0.500. The smallest absolute Gasteiger partial charge is 0.234 e. The Balaban J connectivity index is 1.80. The first-order chi connectivity index (χ1) is 9.67. The Morgan fingerprint density at radius 3 is 2.90 bits per heavy atom. The molecule has 0 aliphatic heterocycles. The van der Waals surface area contributed by atoms with Gasteiger partial charge in [-0.3, -0.25) is 9.69 Å². The Bertz CT molecular complexity index is 501. The number of carbonyl (C=O) groups excluding carboxylic acids is 1. The van der Waals surface area contributed by atoms with Gasteiger partial charge < -0.3 is 5.32 Å². The van der Waals surface area contributed by atoms with Gasteiger partial charge in [0.05, 0.1) is 18.2 Å². The van der Waals surface area contributed by atoms with Crippen LogP contribution in [0.1, 0.15) is 36.8 Å². The molecule has 0 unspecified atom stereocenters. The van der Waals surface area contributed by atoms with Crippen LogP contribution in [0.5, 0.6) is 0 Å². The van der Waals surface area contributed by atoms with Gasteiger partial charge in [0.25, 0.3) is 0 Å². The van der Waals surface area contributed by atoms with E-state index >= 15 is 0 Å². The number of benzene rings is 1. The van der Waals surface area contributed by atoms with Gasteiger partial charge in [-0.05, 0) is 37.6 Å². The Morgan fingerprint density at radius 1 is 1.45 bits per heavy atom. The SMILES string of the molecule is CN(CC(=O)NC1CCCC1)Cc1cccc(C#N)c1. The highest BCUT2D eigenvalue weighted by Gasteiger charge is 2.17. The lowest BCUT2D eigenvalue weighted by atomic mass is 10.1. The molecule has 4 heteroatoms. The van der Waals surface area contributed by atoms with E-state index in [1.165, 1.54) is 12.8 Å². The minimum absolute atomic E-state index is 0.0934. The summed E-state index contributed by atoms with van der Waals surface area (Å²) in [5.41, 5.74) is 1.71. The van der Waals surface area contributed by atoms with Crippen LogP contribution in [-0.4, -0.2) is 30.4 Å². The van der Waals surface area contributed by atoms with Gasteiger partial charge >= 0.3 is 0 Å². The number of carbonyl (C=O) groups is 1. The summed E-state index contributed by atoms with van der Waals surface area (Å²) in [6, 6.07) is 10.0. The normalized spacial score (nSPS) is 15.2.